The highest BCUT2D eigenvalue weighted by molar-refractivity contribution is 5.77. The maximum Gasteiger partial charge on any atom is 0.224 e. The van der Waals surface area contributed by atoms with Crippen molar-refractivity contribution in [3.05, 3.63) is 12.7 Å². The van der Waals surface area contributed by atoms with Gasteiger partial charge in [0, 0.05) is 38.1 Å². The lowest BCUT2D eigenvalue weighted by atomic mass is 9.82. The number of hydrogen-bond acceptors (Lipinski definition) is 4. The van der Waals surface area contributed by atoms with Gasteiger partial charge in [0.05, 0.1) is 0 Å². The van der Waals surface area contributed by atoms with Crippen LogP contribution in [-0.2, 0) is 11.3 Å². The first-order chi connectivity index (χ1) is 9.34. The van der Waals surface area contributed by atoms with Crippen LogP contribution in [0.15, 0.2) is 12.7 Å². The Morgan fingerprint density at radius 3 is 2.42 bits per heavy atom. The minimum Gasteiger partial charge on any atom is -0.336 e. The predicted molar refractivity (Wildman–Crippen MR) is 68.1 cm³/mol. The van der Waals surface area contributed by atoms with E-state index in [-0.39, 0.29) is 0 Å². The maximum atomic E-state index is 12.5. The standard InChI is InChI=1S/C13H19N5O/c19-13(3-4-17-7-15-16-8-17)18-11-1-2-12(18)10-6-14-5-9(10)11/h7-12,14H,1-6H2/t9-,10+,11-,12+. The Morgan fingerprint density at radius 1 is 1.16 bits per heavy atom. The van der Waals surface area contributed by atoms with Gasteiger partial charge in [0.15, 0.2) is 0 Å². The molecule has 19 heavy (non-hydrogen) atoms. The van der Waals surface area contributed by atoms with E-state index in [4.69, 9.17) is 0 Å². The summed E-state index contributed by atoms with van der Waals surface area (Å²) in [5.41, 5.74) is 0. The summed E-state index contributed by atoms with van der Waals surface area (Å²) in [6.45, 7) is 2.89. The molecule has 0 aromatic carbocycles. The van der Waals surface area contributed by atoms with Gasteiger partial charge in [0.1, 0.15) is 12.7 Å². The number of rotatable bonds is 3. The Labute approximate surface area is 112 Å². The van der Waals surface area contributed by atoms with Gasteiger partial charge < -0.3 is 14.8 Å². The number of fused-ring (bicyclic) bond motifs is 5. The fourth-order valence-corrected chi connectivity index (χ4v) is 4.33. The second kappa shape index (κ2) is 4.30. The molecule has 1 aromatic rings. The molecule has 3 fully saturated rings. The Hall–Kier alpha value is -1.43. The molecule has 4 heterocycles. The molecule has 4 rings (SSSR count). The zero-order valence-electron chi connectivity index (χ0n) is 10.9. The van der Waals surface area contributed by atoms with Gasteiger partial charge in [0.2, 0.25) is 5.91 Å². The van der Waals surface area contributed by atoms with Gasteiger partial charge in [-0.1, -0.05) is 0 Å². The van der Waals surface area contributed by atoms with Crippen LogP contribution in [0.2, 0.25) is 0 Å². The number of carbonyl (C=O) groups excluding carboxylic acids is 1. The Kier molecular flexibility index (Phi) is 2.58. The molecule has 0 spiro atoms. The maximum absolute atomic E-state index is 12.5. The highest BCUT2D eigenvalue weighted by Gasteiger charge is 2.55. The molecule has 3 saturated heterocycles. The van der Waals surface area contributed by atoms with Crippen LogP contribution in [-0.4, -0.2) is 50.7 Å². The van der Waals surface area contributed by atoms with Crippen molar-refractivity contribution in [1.82, 2.24) is 25.0 Å². The molecule has 1 N–H and O–H groups in total. The van der Waals surface area contributed by atoms with Crippen molar-refractivity contribution in [3.8, 4) is 0 Å². The highest BCUT2D eigenvalue weighted by Crippen LogP contribution is 2.47. The largest absolute Gasteiger partial charge is 0.336 e. The van der Waals surface area contributed by atoms with Crippen LogP contribution in [0, 0.1) is 11.8 Å². The number of nitrogens with zero attached hydrogens (tertiary/aromatic N) is 4. The van der Waals surface area contributed by atoms with Crippen LogP contribution in [0.25, 0.3) is 0 Å². The molecular formula is C13H19N5O. The predicted octanol–water partition coefficient (Wildman–Crippen LogP) is -0.123. The number of amides is 1. The first kappa shape index (κ1) is 11.4. The van der Waals surface area contributed by atoms with Crippen LogP contribution in [0.1, 0.15) is 19.3 Å². The van der Waals surface area contributed by atoms with E-state index >= 15 is 0 Å². The summed E-state index contributed by atoms with van der Waals surface area (Å²) in [6, 6.07) is 0.997. The molecular weight excluding hydrogens is 242 g/mol. The van der Waals surface area contributed by atoms with Crippen LogP contribution in [0.5, 0.6) is 0 Å². The van der Waals surface area contributed by atoms with Crippen LogP contribution >= 0.6 is 0 Å². The number of nitrogens with one attached hydrogen (secondary N) is 1. The highest BCUT2D eigenvalue weighted by atomic mass is 16.2. The topological polar surface area (TPSA) is 63.1 Å². The van der Waals surface area contributed by atoms with Gasteiger partial charge in [-0.2, -0.15) is 0 Å². The number of aryl methyl sites for hydroxylation is 1. The Balaban J connectivity index is 1.44. The van der Waals surface area contributed by atoms with Gasteiger partial charge in [-0.05, 0) is 24.7 Å². The molecule has 6 nitrogen and oxygen atoms in total. The van der Waals surface area contributed by atoms with Crippen LogP contribution in [0.3, 0.4) is 0 Å². The minimum atomic E-state index is 0.315. The molecule has 0 radical (unpaired) electrons. The van der Waals surface area contributed by atoms with Crippen molar-refractivity contribution in [1.29, 1.82) is 0 Å². The molecule has 6 heteroatoms. The van der Waals surface area contributed by atoms with E-state index in [0.29, 0.717) is 42.8 Å². The normalized spacial score (nSPS) is 35.9. The van der Waals surface area contributed by atoms with Crippen molar-refractivity contribution in [3.63, 3.8) is 0 Å². The first-order valence-electron chi connectivity index (χ1n) is 7.19. The van der Waals surface area contributed by atoms with Crippen molar-refractivity contribution >= 4 is 5.91 Å². The quantitative estimate of drug-likeness (QED) is 0.824. The number of hydrogen-bond donors (Lipinski definition) is 1. The third-order valence-corrected chi connectivity index (χ3v) is 5.11. The SMILES string of the molecule is O=C(CCn1cnnc1)N1[C@@H]2CC[C@H]1[C@H]1CNC[C@H]12. The molecule has 1 amide bonds. The monoisotopic (exact) mass is 261 g/mol. The summed E-state index contributed by atoms with van der Waals surface area (Å²) in [4.78, 5) is 14.7. The van der Waals surface area contributed by atoms with Gasteiger partial charge >= 0.3 is 0 Å². The fourth-order valence-electron chi connectivity index (χ4n) is 4.33. The van der Waals surface area contributed by atoms with Gasteiger partial charge in [0.25, 0.3) is 0 Å². The van der Waals surface area contributed by atoms with E-state index in [0.717, 1.165) is 13.1 Å². The Bertz CT molecular complexity index is 455. The van der Waals surface area contributed by atoms with Crippen LogP contribution in [0.4, 0.5) is 0 Å². The van der Waals surface area contributed by atoms with E-state index in [1.54, 1.807) is 12.7 Å². The van der Waals surface area contributed by atoms with Crippen molar-refractivity contribution < 1.29 is 4.79 Å². The second-order valence-electron chi connectivity index (χ2n) is 5.95. The third kappa shape index (κ3) is 1.69. The van der Waals surface area contributed by atoms with Crippen LogP contribution < -0.4 is 5.32 Å². The van der Waals surface area contributed by atoms with Crippen molar-refractivity contribution in [2.75, 3.05) is 13.1 Å². The molecule has 4 atom stereocenters. The van der Waals surface area contributed by atoms with Crippen molar-refractivity contribution in [2.45, 2.75) is 37.9 Å². The molecule has 102 valence electrons. The van der Waals surface area contributed by atoms with Crippen molar-refractivity contribution in [2.24, 2.45) is 11.8 Å². The Morgan fingerprint density at radius 2 is 1.79 bits per heavy atom. The molecule has 1 aromatic heterocycles. The number of aromatic nitrogens is 3. The summed E-state index contributed by atoms with van der Waals surface area (Å²) >= 11 is 0. The van der Waals surface area contributed by atoms with Gasteiger partial charge in [-0.25, -0.2) is 0 Å². The lowest BCUT2D eigenvalue weighted by Gasteiger charge is -2.24. The van der Waals surface area contributed by atoms with E-state index in [9.17, 15) is 4.79 Å². The average molecular weight is 261 g/mol. The molecule has 0 saturated carbocycles. The number of carbonyl (C=O) groups is 1. The van der Waals surface area contributed by atoms with Gasteiger partial charge in [-0.3, -0.25) is 4.79 Å². The molecule has 2 bridgehead atoms. The van der Waals surface area contributed by atoms with E-state index < -0.39 is 0 Å². The zero-order valence-corrected chi connectivity index (χ0v) is 10.9. The smallest absolute Gasteiger partial charge is 0.224 e. The average Bonchev–Trinajstić information content (AvgIpc) is 3.15. The molecule has 3 aliphatic rings. The summed E-state index contributed by atoms with van der Waals surface area (Å²) in [7, 11) is 0. The lowest BCUT2D eigenvalue weighted by Crippen LogP contribution is -2.39. The first-order valence-corrected chi connectivity index (χ1v) is 7.19. The molecule has 0 aliphatic carbocycles. The third-order valence-electron chi connectivity index (χ3n) is 5.11. The van der Waals surface area contributed by atoms with E-state index in [1.807, 2.05) is 4.57 Å². The zero-order chi connectivity index (χ0) is 12.8. The summed E-state index contributed by atoms with van der Waals surface area (Å²) in [5, 5.41) is 11.0. The van der Waals surface area contributed by atoms with E-state index in [2.05, 4.69) is 20.4 Å². The van der Waals surface area contributed by atoms with Gasteiger partial charge in [-0.15, -0.1) is 10.2 Å². The summed E-state index contributed by atoms with van der Waals surface area (Å²) in [6.07, 6.45) is 6.31. The van der Waals surface area contributed by atoms with E-state index in [1.165, 1.54) is 12.8 Å². The second-order valence-corrected chi connectivity index (χ2v) is 5.95. The summed E-state index contributed by atoms with van der Waals surface area (Å²) in [5.74, 6) is 1.73. The fraction of sp³-hybridized carbons (Fsp3) is 0.769. The lowest BCUT2D eigenvalue weighted by molar-refractivity contribution is -0.133. The molecule has 0 unspecified atom stereocenters. The summed E-state index contributed by atoms with van der Waals surface area (Å²) < 4.78 is 1.87. The minimum absolute atomic E-state index is 0.315. The molecule has 3 aliphatic heterocycles.